The normalized spacial score (nSPS) is 15.3. The second-order valence-electron chi connectivity index (χ2n) is 6.07. The number of anilines is 1. The minimum absolute atomic E-state index is 0.00225. The summed E-state index contributed by atoms with van der Waals surface area (Å²) in [4.78, 5) is 4.49. The largest absolute Gasteiger partial charge is 0.374 e. The summed E-state index contributed by atoms with van der Waals surface area (Å²) >= 11 is 0. The van der Waals surface area contributed by atoms with Crippen LogP contribution in [0.25, 0.3) is 11.1 Å². The van der Waals surface area contributed by atoms with E-state index in [-0.39, 0.29) is 6.04 Å². The van der Waals surface area contributed by atoms with Gasteiger partial charge in [-0.05, 0) is 43.0 Å². The van der Waals surface area contributed by atoms with Gasteiger partial charge in [-0.2, -0.15) is 4.98 Å². The van der Waals surface area contributed by atoms with Crippen molar-refractivity contribution in [1.82, 2.24) is 10.1 Å². The second kappa shape index (κ2) is 5.88. The molecule has 3 aromatic rings. The molecular formula is C19H19N3O. The maximum absolute atomic E-state index is 5.37. The minimum atomic E-state index is -0.00225. The third-order valence-electron chi connectivity index (χ3n) is 4.15. The highest BCUT2D eigenvalue weighted by molar-refractivity contribution is 5.65. The van der Waals surface area contributed by atoms with Crippen molar-refractivity contribution in [2.24, 2.45) is 0 Å². The average Bonchev–Trinajstić information content (AvgIpc) is 3.33. The minimum Gasteiger partial charge on any atom is -0.374 e. The van der Waals surface area contributed by atoms with Gasteiger partial charge in [0.1, 0.15) is 6.04 Å². The van der Waals surface area contributed by atoms with Gasteiger partial charge < -0.3 is 9.84 Å². The molecule has 1 aromatic heterocycles. The van der Waals surface area contributed by atoms with E-state index in [1.165, 1.54) is 24.0 Å². The molecule has 0 spiro atoms. The van der Waals surface area contributed by atoms with Gasteiger partial charge in [0.2, 0.25) is 5.89 Å². The smallest absolute Gasteiger partial charge is 0.248 e. The highest BCUT2D eigenvalue weighted by Crippen LogP contribution is 2.38. The summed E-state index contributed by atoms with van der Waals surface area (Å²) in [5.41, 5.74) is 3.47. The van der Waals surface area contributed by atoms with Crippen molar-refractivity contribution >= 4 is 5.69 Å². The lowest BCUT2D eigenvalue weighted by molar-refractivity contribution is 0.363. The van der Waals surface area contributed by atoms with Crippen LogP contribution >= 0.6 is 0 Å². The monoisotopic (exact) mass is 305 g/mol. The van der Waals surface area contributed by atoms with Crippen LogP contribution in [0, 0.1) is 0 Å². The van der Waals surface area contributed by atoms with E-state index in [0.717, 1.165) is 11.5 Å². The molecule has 1 atom stereocenters. The van der Waals surface area contributed by atoms with Gasteiger partial charge in [-0.3, -0.25) is 0 Å². The average molecular weight is 305 g/mol. The molecule has 1 fully saturated rings. The molecule has 4 heteroatoms. The summed E-state index contributed by atoms with van der Waals surface area (Å²) in [5.74, 6) is 2.02. The molecule has 4 rings (SSSR count). The molecular weight excluding hydrogens is 286 g/mol. The van der Waals surface area contributed by atoms with E-state index in [1.54, 1.807) is 0 Å². The summed E-state index contributed by atoms with van der Waals surface area (Å²) in [5, 5.41) is 7.48. The van der Waals surface area contributed by atoms with Crippen LogP contribution in [0.2, 0.25) is 0 Å². The Hall–Kier alpha value is -2.62. The van der Waals surface area contributed by atoms with E-state index >= 15 is 0 Å². The Bertz CT molecular complexity index is 776. The van der Waals surface area contributed by atoms with E-state index in [2.05, 4.69) is 64.0 Å². The molecule has 2 aromatic carbocycles. The van der Waals surface area contributed by atoms with E-state index in [9.17, 15) is 0 Å². The molecule has 0 unspecified atom stereocenters. The van der Waals surface area contributed by atoms with Crippen LogP contribution in [-0.4, -0.2) is 10.1 Å². The molecule has 0 saturated heterocycles. The van der Waals surface area contributed by atoms with Gasteiger partial charge in [0.05, 0.1) is 0 Å². The van der Waals surface area contributed by atoms with Crippen LogP contribution in [0.5, 0.6) is 0 Å². The molecule has 0 bridgehead atoms. The van der Waals surface area contributed by atoms with Gasteiger partial charge in [-0.1, -0.05) is 47.6 Å². The van der Waals surface area contributed by atoms with Crippen molar-refractivity contribution in [3.63, 3.8) is 0 Å². The zero-order valence-electron chi connectivity index (χ0n) is 13.1. The summed E-state index contributed by atoms with van der Waals surface area (Å²) in [6.07, 6.45) is 2.36. The summed E-state index contributed by atoms with van der Waals surface area (Å²) in [7, 11) is 0. The Balaban J connectivity index is 1.45. The highest BCUT2D eigenvalue weighted by Gasteiger charge is 2.29. The lowest BCUT2D eigenvalue weighted by atomic mass is 10.1. The number of nitrogens with zero attached hydrogens (tertiary/aromatic N) is 2. The van der Waals surface area contributed by atoms with Gasteiger partial charge in [0, 0.05) is 11.6 Å². The fourth-order valence-electron chi connectivity index (χ4n) is 2.63. The standard InChI is InChI=1S/C19H19N3O/c1-13(19-21-18(22-23-19)16-7-8-16)20-17-11-9-15(10-12-17)14-5-3-2-4-6-14/h2-6,9-13,16,20H,7-8H2,1H3/t13-/m1/s1. The van der Waals surface area contributed by atoms with Crippen molar-refractivity contribution in [2.75, 3.05) is 5.32 Å². The Morgan fingerprint density at radius 1 is 1.00 bits per heavy atom. The highest BCUT2D eigenvalue weighted by atomic mass is 16.5. The van der Waals surface area contributed by atoms with Crippen LogP contribution in [0.15, 0.2) is 59.1 Å². The van der Waals surface area contributed by atoms with Crippen LogP contribution in [-0.2, 0) is 0 Å². The first-order chi connectivity index (χ1) is 11.3. The fourth-order valence-corrected chi connectivity index (χ4v) is 2.63. The number of hydrogen-bond acceptors (Lipinski definition) is 4. The number of benzene rings is 2. The molecule has 0 aliphatic heterocycles. The third-order valence-corrected chi connectivity index (χ3v) is 4.15. The number of hydrogen-bond donors (Lipinski definition) is 1. The van der Waals surface area contributed by atoms with E-state index in [0.29, 0.717) is 11.8 Å². The Labute approximate surface area is 135 Å². The van der Waals surface area contributed by atoms with E-state index in [4.69, 9.17) is 4.52 Å². The van der Waals surface area contributed by atoms with Crippen molar-refractivity contribution in [3.05, 3.63) is 66.3 Å². The molecule has 1 aliphatic rings. The maximum Gasteiger partial charge on any atom is 0.248 e. The van der Waals surface area contributed by atoms with Gasteiger partial charge in [0.25, 0.3) is 0 Å². The predicted octanol–water partition coefficient (Wildman–Crippen LogP) is 4.79. The van der Waals surface area contributed by atoms with Crippen LogP contribution in [0.3, 0.4) is 0 Å². The quantitative estimate of drug-likeness (QED) is 0.736. The molecule has 0 amide bonds. The molecule has 1 heterocycles. The lowest BCUT2D eigenvalue weighted by Crippen LogP contribution is -2.07. The van der Waals surface area contributed by atoms with Gasteiger partial charge in [-0.25, -0.2) is 0 Å². The Morgan fingerprint density at radius 3 is 2.39 bits per heavy atom. The molecule has 1 aliphatic carbocycles. The van der Waals surface area contributed by atoms with E-state index in [1.807, 2.05) is 13.0 Å². The fraction of sp³-hybridized carbons (Fsp3) is 0.263. The van der Waals surface area contributed by atoms with Crippen LogP contribution in [0.4, 0.5) is 5.69 Å². The number of nitrogens with one attached hydrogen (secondary N) is 1. The summed E-state index contributed by atoms with van der Waals surface area (Å²) in [6.45, 7) is 2.04. The first-order valence-electron chi connectivity index (χ1n) is 8.05. The molecule has 23 heavy (non-hydrogen) atoms. The third kappa shape index (κ3) is 3.11. The topological polar surface area (TPSA) is 51.0 Å². The zero-order chi connectivity index (χ0) is 15.6. The van der Waals surface area contributed by atoms with Crippen molar-refractivity contribution in [2.45, 2.75) is 31.7 Å². The van der Waals surface area contributed by atoms with Crippen molar-refractivity contribution in [1.29, 1.82) is 0 Å². The molecule has 4 nitrogen and oxygen atoms in total. The van der Waals surface area contributed by atoms with E-state index < -0.39 is 0 Å². The lowest BCUT2D eigenvalue weighted by Gasteiger charge is -2.11. The van der Waals surface area contributed by atoms with Gasteiger partial charge >= 0.3 is 0 Å². The molecule has 0 radical (unpaired) electrons. The summed E-state index contributed by atoms with van der Waals surface area (Å²) in [6, 6.07) is 18.8. The summed E-state index contributed by atoms with van der Waals surface area (Å²) < 4.78 is 5.37. The number of aromatic nitrogens is 2. The van der Waals surface area contributed by atoms with Crippen LogP contribution < -0.4 is 5.32 Å². The van der Waals surface area contributed by atoms with Crippen molar-refractivity contribution < 1.29 is 4.52 Å². The zero-order valence-corrected chi connectivity index (χ0v) is 13.1. The number of rotatable bonds is 5. The van der Waals surface area contributed by atoms with Gasteiger partial charge in [0.15, 0.2) is 5.82 Å². The first-order valence-corrected chi connectivity index (χ1v) is 8.05. The molecule has 1 N–H and O–H groups in total. The molecule has 116 valence electrons. The van der Waals surface area contributed by atoms with Crippen LogP contribution in [0.1, 0.15) is 43.4 Å². The Kier molecular flexibility index (Phi) is 3.58. The SMILES string of the molecule is C[C@@H](Nc1ccc(-c2ccccc2)cc1)c1nc(C2CC2)no1. The first kappa shape index (κ1) is 14.0. The Morgan fingerprint density at radius 2 is 1.70 bits per heavy atom. The van der Waals surface area contributed by atoms with Gasteiger partial charge in [-0.15, -0.1) is 0 Å². The van der Waals surface area contributed by atoms with Crippen molar-refractivity contribution in [3.8, 4) is 11.1 Å². The second-order valence-corrected chi connectivity index (χ2v) is 6.07. The molecule has 1 saturated carbocycles. The predicted molar refractivity (Wildman–Crippen MR) is 90.2 cm³/mol. The maximum atomic E-state index is 5.37.